The van der Waals surface area contributed by atoms with Crippen LogP contribution in [0.5, 0.6) is 0 Å². The van der Waals surface area contributed by atoms with Crippen molar-refractivity contribution in [3.8, 4) is 11.4 Å². The molecule has 0 spiro atoms. The van der Waals surface area contributed by atoms with Crippen molar-refractivity contribution in [1.82, 2.24) is 14.8 Å². The number of nitrogens with zero attached hydrogens (tertiary/aromatic N) is 3. The van der Waals surface area contributed by atoms with E-state index in [2.05, 4.69) is 10.2 Å². The maximum Gasteiger partial charge on any atom is 0.166 e. The highest BCUT2D eigenvalue weighted by Gasteiger charge is 2.24. The lowest BCUT2D eigenvalue weighted by molar-refractivity contribution is 0.250. The van der Waals surface area contributed by atoms with Gasteiger partial charge in [-0.2, -0.15) is 0 Å². The first kappa shape index (κ1) is 13.1. The summed E-state index contributed by atoms with van der Waals surface area (Å²) in [6.45, 7) is 5.97. The Morgan fingerprint density at radius 2 is 1.89 bits per heavy atom. The number of aromatic nitrogens is 3. The highest BCUT2D eigenvalue weighted by atomic mass is 35.5. The Labute approximate surface area is 111 Å². The Kier molecular flexibility index (Phi) is 3.41. The van der Waals surface area contributed by atoms with Crippen molar-refractivity contribution in [2.45, 2.75) is 32.9 Å². The fourth-order valence-corrected chi connectivity index (χ4v) is 2.16. The third-order valence-electron chi connectivity index (χ3n) is 2.66. The zero-order chi connectivity index (χ0) is 13.3. The second-order valence-corrected chi connectivity index (χ2v) is 5.49. The molecule has 2 rings (SSSR count). The highest BCUT2D eigenvalue weighted by Crippen LogP contribution is 2.30. The molecule has 1 aromatic carbocycles. The van der Waals surface area contributed by atoms with Gasteiger partial charge in [-0.05, 0) is 32.9 Å². The van der Waals surface area contributed by atoms with Gasteiger partial charge in [-0.15, -0.1) is 10.2 Å². The first-order valence-electron chi connectivity index (χ1n) is 5.75. The van der Waals surface area contributed by atoms with E-state index in [1.165, 1.54) is 0 Å². The molecule has 1 aromatic heterocycles. The third kappa shape index (κ3) is 2.26. The number of aliphatic hydroxyl groups is 1. The van der Waals surface area contributed by atoms with Crippen LogP contribution in [0, 0.1) is 0 Å². The van der Waals surface area contributed by atoms with Gasteiger partial charge in [0.15, 0.2) is 11.6 Å². The van der Waals surface area contributed by atoms with Crippen molar-refractivity contribution in [3.63, 3.8) is 0 Å². The van der Waals surface area contributed by atoms with Crippen molar-refractivity contribution in [1.29, 1.82) is 0 Å². The Morgan fingerprint density at radius 1 is 1.22 bits per heavy atom. The molecule has 0 amide bonds. The predicted molar refractivity (Wildman–Crippen MR) is 71.4 cm³/mol. The van der Waals surface area contributed by atoms with Gasteiger partial charge in [-0.1, -0.05) is 23.7 Å². The minimum atomic E-state index is -0.226. The molecular weight excluding hydrogens is 250 g/mol. The monoisotopic (exact) mass is 265 g/mol. The Balaban J connectivity index is 2.66. The van der Waals surface area contributed by atoms with E-state index in [0.29, 0.717) is 16.7 Å². The van der Waals surface area contributed by atoms with Crippen LogP contribution >= 0.6 is 11.6 Å². The van der Waals surface area contributed by atoms with E-state index in [0.717, 1.165) is 5.56 Å². The van der Waals surface area contributed by atoms with E-state index in [9.17, 15) is 5.11 Å². The average molecular weight is 266 g/mol. The van der Waals surface area contributed by atoms with Gasteiger partial charge in [0.1, 0.15) is 6.61 Å². The summed E-state index contributed by atoms with van der Waals surface area (Å²) < 4.78 is 1.91. The van der Waals surface area contributed by atoms with Crippen molar-refractivity contribution >= 4 is 11.6 Å². The van der Waals surface area contributed by atoms with Gasteiger partial charge < -0.3 is 9.67 Å². The van der Waals surface area contributed by atoms with E-state index in [4.69, 9.17) is 11.6 Å². The van der Waals surface area contributed by atoms with Gasteiger partial charge in [-0.3, -0.25) is 0 Å². The Morgan fingerprint density at radius 3 is 2.44 bits per heavy atom. The maximum absolute atomic E-state index is 9.35. The Hall–Kier alpha value is -1.39. The molecule has 0 aliphatic rings. The molecule has 0 fully saturated rings. The molecule has 4 nitrogen and oxygen atoms in total. The van der Waals surface area contributed by atoms with E-state index in [-0.39, 0.29) is 12.1 Å². The van der Waals surface area contributed by atoms with E-state index >= 15 is 0 Å². The largest absolute Gasteiger partial charge is 0.388 e. The summed E-state index contributed by atoms with van der Waals surface area (Å²) in [5.74, 6) is 1.22. The van der Waals surface area contributed by atoms with Crippen LogP contribution in [0.4, 0.5) is 0 Å². The first-order chi connectivity index (χ1) is 8.45. The summed E-state index contributed by atoms with van der Waals surface area (Å²) >= 11 is 6.19. The van der Waals surface area contributed by atoms with E-state index in [1.807, 2.05) is 49.6 Å². The van der Waals surface area contributed by atoms with Gasteiger partial charge >= 0.3 is 0 Å². The number of rotatable bonds is 2. The summed E-state index contributed by atoms with van der Waals surface area (Å²) in [6.07, 6.45) is 0. The summed E-state index contributed by atoms with van der Waals surface area (Å²) in [5.41, 5.74) is 0.595. The van der Waals surface area contributed by atoms with E-state index < -0.39 is 0 Å². The second-order valence-electron chi connectivity index (χ2n) is 5.08. The van der Waals surface area contributed by atoms with Gasteiger partial charge in [0.25, 0.3) is 0 Å². The van der Waals surface area contributed by atoms with Crippen LogP contribution in [0.1, 0.15) is 26.6 Å². The zero-order valence-corrected chi connectivity index (χ0v) is 11.4. The molecule has 1 heterocycles. The zero-order valence-electron chi connectivity index (χ0n) is 10.7. The normalized spacial score (nSPS) is 11.8. The summed E-state index contributed by atoms with van der Waals surface area (Å²) in [6, 6.07) is 7.49. The van der Waals surface area contributed by atoms with Gasteiger partial charge in [-0.25, -0.2) is 0 Å². The highest BCUT2D eigenvalue weighted by molar-refractivity contribution is 6.33. The molecular formula is C13H16ClN3O. The third-order valence-corrected chi connectivity index (χ3v) is 2.99. The van der Waals surface area contributed by atoms with Gasteiger partial charge in [0, 0.05) is 11.1 Å². The standard InChI is InChI=1S/C13H16ClN3O/c1-13(2,3)17-11(8-18)15-16-12(17)9-6-4-5-7-10(9)14/h4-7,18H,8H2,1-3H3. The summed E-state index contributed by atoms with van der Waals surface area (Å²) in [7, 11) is 0. The van der Waals surface area contributed by atoms with Crippen LogP contribution in [0.2, 0.25) is 5.02 Å². The molecule has 0 atom stereocenters. The molecule has 18 heavy (non-hydrogen) atoms. The fourth-order valence-electron chi connectivity index (χ4n) is 1.94. The fraction of sp³-hybridized carbons (Fsp3) is 0.385. The van der Waals surface area contributed by atoms with Crippen molar-refractivity contribution in [2.75, 3.05) is 0 Å². The Bertz CT molecular complexity index is 558. The molecule has 0 saturated carbocycles. The average Bonchev–Trinajstić information content (AvgIpc) is 2.73. The number of benzene rings is 1. The van der Waals surface area contributed by atoms with Crippen LogP contribution in [-0.4, -0.2) is 19.9 Å². The first-order valence-corrected chi connectivity index (χ1v) is 6.13. The molecule has 0 saturated heterocycles. The molecule has 96 valence electrons. The number of hydrogen-bond donors (Lipinski definition) is 1. The van der Waals surface area contributed by atoms with Crippen molar-refractivity contribution in [2.24, 2.45) is 0 Å². The van der Waals surface area contributed by atoms with Crippen molar-refractivity contribution in [3.05, 3.63) is 35.1 Å². The van der Waals surface area contributed by atoms with E-state index in [1.54, 1.807) is 0 Å². The predicted octanol–water partition coefficient (Wildman–Crippen LogP) is 2.85. The van der Waals surface area contributed by atoms with Crippen LogP contribution in [0.25, 0.3) is 11.4 Å². The van der Waals surface area contributed by atoms with Gasteiger partial charge in [0.2, 0.25) is 0 Å². The number of halogens is 1. The van der Waals surface area contributed by atoms with Crippen molar-refractivity contribution < 1.29 is 5.11 Å². The lowest BCUT2D eigenvalue weighted by Crippen LogP contribution is -2.25. The molecule has 0 aliphatic heterocycles. The quantitative estimate of drug-likeness (QED) is 0.908. The van der Waals surface area contributed by atoms with Crippen LogP contribution in [-0.2, 0) is 12.1 Å². The summed E-state index contributed by atoms with van der Waals surface area (Å²) in [4.78, 5) is 0. The SMILES string of the molecule is CC(C)(C)n1c(CO)nnc1-c1ccccc1Cl. The smallest absolute Gasteiger partial charge is 0.166 e. The minimum absolute atomic E-state index is 0.144. The van der Waals surface area contributed by atoms with Gasteiger partial charge in [0.05, 0.1) is 5.02 Å². The molecule has 0 radical (unpaired) electrons. The molecule has 0 bridgehead atoms. The maximum atomic E-state index is 9.35. The molecule has 0 aliphatic carbocycles. The van der Waals surface area contributed by atoms with Crippen LogP contribution < -0.4 is 0 Å². The molecule has 1 N–H and O–H groups in total. The van der Waals surface area contributed by atoms with Crippen LogP contribution in [0.3, 0.4) is 0 Å². The lowest BCUT2D eigenvalue weighted by atomic mass is 10.1. The lowest BCUT2D eigenvalue weighted by Gasteiger charge is -2.24. The summed E-state index contributed by atoms with van der Waals surface area (Å²) in [5, 5.41) is 18.2. The minimum Gasteiger partial charge on any atom is -0.388 e. The second kappa shape index (κ2) is 4.71. The van der Waals surface area contributed by atoms with Crippen LogP contribution in [0.15, 0.2) is 24.3 Å². The topological polar surface area (TPSA) is 50.9 Å². The molecule has 2 aromatic rings. The number of aliphatic hydroxyl groups excluding tert-OH is 1. The molecule has 5 heteroatoms. The number of hydrogen-bond acceptors (Lipinski definition) is 3. The molecule has 0 unspecified atom stereocenters.